The molecular weight excluding hydrogens is 359 g/mol. The molecule has 0 atom stereocenters. The molecule has 0 unspecified atom stereocenters. The highest BCUT2D eigenvalue weighted by molar-refractivity contribution is 6.58. The molecule has 28 heavy (non-hydrogen) atoms. The van der Waals surface area contributed by atoms with E-state index in [-0.39, 0.29) is 11.4 Å². The molecule has 0 bridgehead atoms. The fourth-order valence-electron chi connectivity index (χ4n) is 1.63. The van der Waals surface area contributed by atoms with E-state index in [1.807, 2.05) is 6.92 Å². The number of benzene rings is 1. The molecule has 0 aromatic heterocycles. The average molecular weight is 385 g/mol. The van der Waals surface area contributed by atoms with Gasteiger partial charge >= 0.3 is 6.16 Å². The Bertz CT molecular complexity index is 588. The minimum atomic E-state index is -0.950. The third-order valence-corrected chi connectivity index (χ3v) is 2.98. The lowest BCUT2D eigenvalue weighted by Gasteiger charge is -2.16. The van der Waals surface area contributed by atoms with E-state index in [2.05, 4.69) is 16.4 Å². The summed E-state index contributed by atoms with van der Waals surface area (Å²) < 4.78 is 8.85. The van der Waals surface area contributed by atoms with E-state index >= 15 is 0 Å². The first-order valence-corrected chi connectivity index (χ1v) is 8.83. The van der Waals surface area contributed by atoms with E-state index in [1.54, 1.807) is 6.92 Å². The van der Waals surface area contributed by atoms with Gasteiger partial charge in [0.05, 0.1) is 35.6 Å². The second-order valence-corrected chi connectivity index (χ2v) is 5.98. The van der Waals surface area contributed by atoms with Crippen LogP contribution in [0.25, 0.3) is 0 Å². The SMILES string of the molecule is CCCCC(C)=O.COC(=O)Oc1ccc([N+](=O)[O-])cc1.[B]C([B])([B])CCC. The number of carbonyl (C=O) groups is 2. The molecule has 148 valence electrons. The minimum Gasteiger partial charge on any atom is -0.437 e. The van der Waals surface area contributed by atoms with Gasteiger partial charge in [-0.3, -0.25) is 10.1 Å². The van der Waals surface area contributed by atoms with Crippen molar-refractivity contribution in [2.24, 2.45) is 0 Å². The summed E-state index contributed by atoms with van der Waals surface area (Å²) in [7, 11) is 16.8. The molecule has 0 spiro atoms. The second kappa shape index (κ2) is 15.8. The number of carbonyl (C=O) groups excluding carboxylic acids is 2. The van der Waals surface area contributed by atoms with Crippen LogP contribution in [-0.2, 0) is 9.53 Å². The van der Waals surface area contributed by atoms with E-state index in [4.69, 9.17) is 23.5 Å². The van der Waals surface area contributed by atoms with Gasteiger partial charge < -0.3 is 14.3 Å². The maximum absolute atomic E-state index is 10.6. The smallest absolute Gasteiger partial charge is 0.437 e. The summed E-state index contributed by atoms with van der Waals surface area (Å²) in [6, 6.07) is 5.10. The molecule has 0 saturated heterocycles. The van der Waals surface area contributed by atoms with E-state index in [0.717, 1.165) is 25.7 Å². The molecule has 0 amide bonds. The Labute approximate surface area is 170 Å². The van der Waals surface area contributed by atoms with E-state index in [1.165, 1.54) is 31.4 Å². The molecule has 1 aromatic rings. The van der Waals surface area contributed by atoms with Crippen molar-refractivity contribution in [2.75, 3.05) is 7.11 Å². The van der Waals surface area contributed by atoms with Gasteiger partial charge in [-0.25, -0.2) is 4.79 Å². The Hall–Kier alpha value is -2.25. The van der Waals surface area contributed by atoms with Gasteiger partial charge in [0.15, 0.2) is 0 Å². The number of ether oxygens (including phenoxy) is 2. The van der Waals surface area contributed by atoms with Crippen LogP contribution in [0.2, 0.25) is 5.11 Å². The van der Waals surface area contributed by atoms with Crippen LogP contribution in [0, 0.1) is 10.1 Å². The van der Waals surface area contributed by atoms with Crippen molar-refractivity contribution in [1.82, 2.24) is 0 Å². The molecule has 0 N–H and O–H groups in total. The zero-order chi connectivity index (χ0) is 22.2. The van der Waals surface area contributed by atoms with Crippen molar-refractivity contribution in [3.05, 3.63) is 34.4 Å². The molecule has 0 aliphatic rings. The van der Waals surface area contributed by atoms with Gasteiger partial charge in [-0.1, -0.05) is 33.1 Å². The molecule has 0 saturated carbocycles. The van der Waals surface area contributed by atoms with E-state index in [9.17, 15) is 19.7 Å². The van der Waals surface area contributed by atoms with Gasteiger partial charge in [0, 0.05) is 18.6 Å². The van der Waals surface area contributed by atoms with Crippen molar-refractivity contribution < 1.29 is 24.0 Å². The van der Waals surface area contributed by atoms with Gasteiger partial charge in [0.25, 0.3) is 5.69 Å². The molecule has 0 aliphatic heterocycles. The van der Waals surface area contributed by atoms with Crippen molar-refractivity contribution in [2.45, 2.75) is 58.0 Å². The standard InChI is InChI=1S/C8H7NO5.C6H12O.C4H7B3/c1-13-8(10)14-7-4-2-6(3-5-7)9(11)12;1-3-4-5-6(2)7;1-2-3-4(5,6)7/h2-5H,1H3;3-5H2,1-2H3;2-3H2,1H3. The minimum absolute atomic E-state index is 0.0674. The van der Waals surface area contributed by atoms with Gasteiger partial charge in [0.2, 0.25) is 0 Å². The van der Waals surface area contributed by atoms with Crippen LogP contribution in [0.5, 0.6) is 5.75 Å². The summed E-state index contributed by atoms with van der Waals surface area (Å²) in [4.78, 5) is 30.5. The monoisotopic (exact) mass is 385 g/mol. The van der Waals surface area contributed by atoms with E-state index in [0.29, 0.717) is 12.2 Å². The third-order valence-electron chi connectivity index (χ3n) is 2.98. The van der Waals surface area contributed by atoms with Crippen LogP contribution >= 0.6 is 0 Å². The number of methoxy groups -OCH3 is 1. The zero-order valence-corrected chi connectivity index (χ0v) is 17.0. The summed E-state index contributed by atoms with van der Waals surface area (Å²) in [6.45, 7) is 5.71. The average Bonchev–Trinajstić information content (AvgIpc) is 2.60. The van der Waals surface area contributed by atoms with Gasteiger partial charge in [-0.2, -0.15) is 0 Å². The number of nitro benzene ring substituents is 1. The fraction of sp³-hybridized carbons (Fsp3) is 0.556. The highest BCUT2D eigenvalue weighted by Gasteiger charge is 2.07. The van der Waals surface area contributed by atoms with Crippen LogP contribution in [0.4, 0.5) is 10.5 Å². The van der Waals surface area contributed by atoms with Crippen LogP contribution in [0.15, 0.2) is 24.3 Å². The maximum atomic E-state index is 10.6. The first-order valence-electron chi connectivity index (χ1n) is 8.83. The number of nitrogens with zero attached hydrogens (tertiary/aromatic N) is 1. The Morgan fingerprint density at radius 3 is 1.89 bits per heavy atom. The number of rotatable bonds is 7. The maximum Gasteiger partial charge on any atom is 0.513 e. The van der Waals surface area contributed by atoms with E-state index < -0.39 is 16.2 Å². The molecule has 0 heterocycles. The van der Waals surface area contributed by atoms with Crippen molar-refractivity contribution in [3.63, 3.8) is 0 Å². The van der Waals surface area contributed by atoms with Crippen molar-refractivity contribution in [3.8, 4) is 5.75 Å². The molecule has 0 aliphatic carbocycles. The zero-order valence-electron chi connectivity index (χ0n) is 17.0. The molecule has 6 radical (unpaired) electrons. The Morgan fingerprint density at radius 1 is 1.11 bits per heavy atom. The van der Waals surface area contributed by atoms with Crippen molar-refractivity contribution in [1.29, 1.82) is 0 Å². The summed E-state index contributed by atoms with van der Waals surface area (Å²) >= 11 is 0. The number of hydrogen-bond donors (Lipinski definition) is 0. The summed E-state index contributed by atoms with van der Waals surface area (Å²) in [6.07, 6.45) is 3.68. The van der Waals surface area contributed by atoms with Gasteiger partial charge in [-0.15, -0.1) is 5.11 Å². The van der Waals surface area contributed by atoms with Crippen LogP contribution < -0.4 is 4.74 Å². The number of unbranched alkanes of at least 4 members (excludes halogenated alkanes) is 1. The predicted octanol–water partition coefficient (Wildman–Crippen LogP) is 3.87. The summed E-state index contributed by atoms with van der Waals surface area (Å²) in [5, 5.41) is 9.31. The first-order chi connectivity index (χ1) is 13.0. The van der Waals surface area contributed by atoms with Crippen LogP contribution in [0.1, 0.15) is 52.9 Å². The number of non-ortho nitro benzene ring substituents is 1. The number of Topliss-reactive ketones (excluding diaryl/α,β-unsaturated/α-hetero) is 1. The molecular formula is C18H26B3NO6. The fourth-order valence-corrected chi connectivity index (χ4v) is 1.63. The van der Waals surface area contributed by atoms with Crippen LogP contribution in [-0.4, -0.2) is 47.5 Å². The highest BCUT2D eigenvalue weighted by Crippen LogP contribution is 2.17. The van der Waals surface area contributed by atoms with Crippen molar-refractivity contribution >= 4 is 41.2 Å². The number of hydrogen-bond acceptors (Lipinski definition) is 6. The molecule has 7 nitrogen and oxygen atoms in total. The normalized spacial score (nSPS) is 9.71. The topological polar surface area (TPSA) is 95.7 Å². The Kier molecular flexibility index (Phi) is 15.8. The molecule has 0 fully saturated rings. The third kappa shape index (κ3) is 18.5. The van der Waals surface area contributed by atoms with Gasteiger partial charge in [0.1, 0.15) is 11.5 Å². The summed E-state index contributed by atoms with van der Waals surface area (Å²) in [5.41, 5.74) is -0.0674. The molecule has 1 aromatic carbocycles. The molecule has 10 heteroatoms. The predicted molar refractivity (Wildman–Crippen MR) is 111 cm³/mol. The largest absolute Gasteiger partial charge is 0.513 e. The quantitative estimate of drug-likeness (QED) is 0.233. The lowest BCUT2D eigenvalue weighted by Crippen LogP contribution is -2.11. The molecule has 1 rings (SSSR count). The van der Waals surface area contributed by atoms with Crippen LogP contribution in [0.3, 0.4) is 0 Å². The Balaban J connectivity index is 0. The lowest BCUT2D eigenvalue weighted by molar-refractivity contribution is -0.384. The number of ketones is 1. The highest BCUT2D eigenvalue weighted by atomic mass is 16.7. The second-order valence-electron chi connectivity index (χ2n) is 5.98. The lowest BCUT2D eigenvalue weighted by atomic mass is 9.41. The number of nitro groups is 1. The van der Waals surface area contributed by atoms with Gasteiger partial charge in [-0.05, 0) is 25.5 Å². The summed E-state index contributed by atoms with van der Waals surface area (Å²) in [5.74, 6) is 0.504. The Morgan fingerprint density at radius 2 is 1.64 bits per heavy atom. The first kappa shape index (κ1) is 28.0.